The van der Waals surface area contributed by atoms with E-state index in [2.05, 4.69) is 0 Å². The molecule has 0 aliphatic carbocycles. The van der Waals surface area contributed by atoms with Crippen LogP contribution in [-0.2, 0) is 4.74 Å². The van der Waals surface area contributed by atoms with Crippen molar-refractivity contribution in [2.45, 2.75) is 52.7 Å². The van der Waals surface area contributed by atoms with Crippen LogP contribution in [0, 0.1) is 0 Å². The molecule has 0 unspecified atom stereocenters. The molecule has 0 saturated heterocycles. The summed E-state index contributed by atoms with van der Waals surface area (Å²) in [5, 5.41) is 0. The van der Waals surface area contributed by atoms with Crippen LogP contribution in [0.4, 0.5) is 5.69 Å². The Bertz CT molecular complexity index is 467. The van der Waals surface area contributed by atoms with Crippen LogP contribution in [-0.4, -0.2) is 17.2 Å². The fraction of sp³-hybridized carbons (Fsp3) is 0.533. The van der Waals surface area contributed by atoms with Gasteiger partial charge in [-0.1, -0.05) is 0 Å². The minimum absolute atomic E-state index is 0.330. The first-order valence-electron chi connectivity index (χ1n) is 6.30. The third-order valence-electron chi connectivity index (χ3n) is 2.07. The number of nitrogen functional groups attached to an aromatic ring is 1. The van der Waals surface area contributed by atoms with Gasteiger partial charge < -0.3 is 15.2 Å². The number of anilines is 1. The summed E-state index contributed by atoms with van der Waals surface area (Å²) >= 11 is 0. The molecule has 0 aliphatic rings. The van der Waals surface area contributed by atoms with Gasteiger partial charge in [0.2, 0.25) is 0 Å². The lowest BCUT2D eigenvalue weighted by Gasteiger charge is -2.23. The Morgan fingerprint density at radius 2 is 1.63 bits per heavy atom. The van der Waals surface area contributed by atoms with Gasteiger partial charge in [-0.25, -0.2) is 4.79 Å². The van der Waals surface area contributed by atoms with E-state index < -0.39 is 11.6 Å². The number of rotatable bonds is 2. The molecule has 0 atom stereocenters. The minimum Gasteiger partial charge on any atom is -0.488 e. The first-order valence-corrected chi connectivity index (χ1v) is 6.30. The van der Waals surface area contributed by atoms with Crippen molar-refractivity contribution in [2.75, 3.05) is 5.73 Å². The highest BCUT2D eigenvalue weighted by atomic mass is 16.6. The summed E-state index contributed by atoms with van der Waals surface area (Å²) in [4.78, 5) is 12.0. The summed E-state index contributed by atoms with van der Waals surface area (Å²) < 4.78 is 11.0. The summed E-state index contributed by atoms with van der Waals surface area (Å²) in [6, 6.07) is 5.02. The molecule has 2 N–H and O–H groups in total. The number of nitrogens with two attached hydrogens (primary N) is 1. The normalized spacial score (nSPS) is 12.1. The van der Waals surface area contributed by atoms with Crippen LogP contribution in [0.15, 0.2) is 18.2 Å². The number of hydrogen-bond donors (Lipinski definition) is 1. The van der Waals surface area contributed by atoms with E-state index in [1.807, 2.05) is 41.5 Å². The Morgan fingerprint density at radius 1 is 1.05 bits per heavy atom. The smallest absolute Gasteiger partial charge is 0.340 e. The second-order valence-corrected chi connectivity index (χ2v) is 6.47. The quantitative estimate of drug-likeness (QED) is 0.657. The van der Waals surface area contributed by atoms with E-state index in [0.717, 1.165) is 0 Å². The molecular formula is C15H23NO3. The maximum absolute atomic E-state index is 12.0. The van der Waals surface area contributed by atoms with Crippen molar-refractivity contribution in [2.24, 2.45) is 0 Å². The predicted molar refractivity (Wildman–Crippen MR) is 76.4 cm³/mol. The number of hydrogen-bond acceptors (Lipinski definition) is 4. The molecule has 0 radical (unpaired) electrons. The lowest BCUT2D eigenvalue weighted by molar-refractivity contribution is 0.00696. The zero-order valence-electron chi connectivity index (χ0n) is 12.5. The van der Waals surface area contributed by atoms with Gasteiger partial charge in [0.1, 0.15) is 17.0 Å². The highest BCUT2D eigenvalue weighted by Crippen LogP contribution is 2.25. The van der Waals surface area contributed by atoms with Gasteiger partial charge >= 0.3 is 5.97 Å². The lowest BCUT2D eigenvalue weighted by Crippen LogP contribution is -2.25. The van der Waals surface area contributed by atoms with E-state index in [4.69, 9.17) is 15.2 Å². The fourth-order valence-corrected chi connectivity index (χ4v) is 1.46. The van der Waals surface area contributed by atoms with E-state index in [-0.39, 0.29) is 5.60 Å². The van der Waals surface area contributed by atoms with Gasteiger partial charge in [-0.05, 0) is 59.7 Å². The van der Waals surface area contributed by atoms with Crippen LogP contribution >= 0.6 is 0 Å². The van der Waals surface area contributed by atoms with E-state index in [1.54, 1.807) is 18.2 Å². The average Bonchev–Trinajstić information content (AvgIpc) is 2.16. The van der Waals surface area contributed by atoms with Crippen molar-refractivity contribution in [1.82, 2.24) is 0 Å². The van der Waals surface area contributed by atoms with Gasteiger partial charge in [0.25, 0.3) is 0 Å². The van der Waals surface area contributed by atoms with Crippen molar-refractivity contribution < 1.29 is 14.3 Å². The fourth-order valence-electron chi connectivity index (χ4n) is 1.46. The topological polar surface area (TPSA) is 61.5 Å². The van der Waals surface area contributed by atoms with Crippen molar-refractivity contribution >= 4 is 11.7 Å². The van der Waals surface area contributed by atoms with E-state index in [1.165, 1.54) is 0 Å². The molecule has 4 heteroatoms. The molecule has 0 aliphatic heterocycles. The Hall–Kier alpha value is -1.71. The Kier molecular flexibility index (Phi) is 4.13. The summed E-state index contributed by atoms with van der Waals surface area (Å²) in [6.45, 7) is 11.3. The zero-order valence-corrected chi connectivity index (χ0v) is 12.5. The van der Waals surface area contributed by atoms with Gasteiger partial charge in [0.15, 0.2) is 0 Å². The first kappa shape index (κ1) is 15.3. The van der Waals surface area contributed by atoms with Gasteiger partial charge in [0, 0.05) is 5.69 Å². The monoisotopic (exact) mass is 265 g/mol. The molecule has 19 heavy (non-hydrogen) atoms. The largest absolute Gasteiger partial charge is 0.488 e. The minimum atomic E-state index is -0.551. The van der Waals surface area contributed by atoms with Crippen LogP contribution in [0.2, 0.25) is 0 Å². The van der Waals surface area contributed by atoms with Crippen molar-refractivity contribution in [3.05, 3.63) is 23.8 Å². The van der Waals surface area contributed by atoms with Crippen molar-refractivity contribution in [3.63, 3.8) is 0 Å². The maximum atomic E-state index is 12.0. The van der Waals surface area contributed by atoms with E-state index in [9.17, 15) is 4.79 Å². The molecule has 1 aromatic rings. The van der Waals surface area contributed by atoms with Crippen LogP contribution in [0.5, 0.6) is 5.75 Å². The Morgan fingerprint density at radius 3 is 2.11 bits per heavy atom. The highest BCUT2D eigenvalue weighted by molar-refractivity contribution is 5.95. The summed E-state index contributed by atoms with van der Waals surface area (Å²) in [5.41, 5.74) is 5.65. The molecule has 0 amide bonds. The van der Waals surface area contributed by atoms with Crippen LogP contribution in [0.25, 0.3) is 0 Å². The molecule has 106 valence electrons. The molecule has 0 heterocycles. The average molecular weight is 265 g/mol. The first-order chi connectivity index (χ1) is 8.48. The lowest BCUT2D eigenvalue weighted by atomic mass is 10.1. The predicted octanol–water partition coefficient (Wildman–Crippen LogP) is 3.40. The number of carbonyl (C=O) groups excluding carboxylic acids is 1. The SMILES string of the molecule is CC(C)(C)OC(=O)c1cc(OC(C)(C)C)ccc1N. The number of benzene rings is 1. The highest BCUT2D eigenvalue weighted by Gasteiger charge is 2.21. The molecule has 0 spiro atoms. The number of ether oxygens (including phenoxy) is 2. The Balaban J connectivity index is 3.01. The second kappa shape index (κ2) is 5.11. The van der Waals surface area contributed by atoms with Crippen LogP contribution in [0.1, 0.15) is 51.9 Å². The third kappa shape index (κ3) is 5.20. The summed E-state index contributed by atoms with van der Waals surface area (Å²) in [7, 11) is 0. The molecule has 4 nitrogen and oxygen atoms in total. The molecule has 1 rings (SSSR count). The molecular weight excluding hydrogens is 242 g/mol. The third-order valence-corrected chi connectivity index (χ3v) is 2.07. The zero-order chi connectivity index (χ0) is 14.8. The molecule has 0 saturated carbocycles. The van der Waals surface area contributed by atoms with Gasteiger partial charge in [-0.15, -0.1) is 0 Å². The summed E-state index contributed by atoms with van der Waals surface area (Å²) in [6.07, 6.45) is 0. The molecule has 1 aromatic carbocycles. The standard InChI is InChI=1S/C15H23NO3/c1-14(2,3)18-10-7-8-12(16)11(9-10)13(17)19-15(4,5)6/h7-9H,16H2,1-6H3. The van der Waals surface area contributed by atoms with E-state index >= 15 is 0 Å². The van der Waals surface area contributed by atoms with Crippen LogP contribution in [0.3, 0.4) is 0 Å². The van der Waals surface area contributed by atoms with Crippen molar-refractivity contribution in [1.29, 1.82) is 0 Å². The second-order valence-electron chi connectivity index (χ2n) is 6.47. The van der Waals surface area contributed by atoms with Gasteiger partial charge in [-0.3, -0.25) is 0 Å². The van der Waals surface area contributed by atoms with Gasteiger partial charge in [-0.2, -0.15) is 0 Å². The maximum Gasteiger partial charge on any atom is 0.340 e. The molecule has 0 fully saturated rings. The van der Waals surface area contributed by atoms with Crippen molar-refractivity contribution in [3.8, 4) is 5.75 Å². The van der Waals surface area contributed by atoms with E-state index in [0.29, 0.717) is 17.0 Å². The Labute approximate surface area is 114 Å². The van der Waals surface area contributed by atoms with Gasteiger partial charge in [0.05, 0.1) is 5.56 Å². The van der Waals surface area contributed by atoms with Crippen LogP contribution < -0.4 is 10.5 Å². The molecule has 0 bridgehead atoms. The summed E-state index contributed by atoms with van der Waals surface area (Å²) in [5.74, 6) is 0.159. The number of carbonyl (C=O) groups is 1. The molecule has 0 aromatic heterocycles. The number of esters is 1.